The maximum Gasteiger partial charge on any atom is 0.245 e. The molecular formula is C21H29N3O4. The Bertz CT molecular complexity index is 768. The summed E-state index contributed by atoms with van der Waals surface area (Å²) in [6.45, 7) is 7.06. The zero-order valence-corrected chi connectivity index (χ0v) is 16.8. The molecule has 2 aliphatic heterocycles. The summed E-state index contributed by atoms with van der Waals surface area (Å²) in [6.07, 6.45) is 1.75. The predicted molar refractivity (Wildman–Crippen MR) is 104 cm³/mol. The zero-order valence-electron chi connectivity index (χ0n) is 16.8. The third kappa shape index (κ3) is 3.51. The molecule has 0 radical (unpaired) electrons. The van der Waals surface area contributed by atoms with E-state index in [1.807, 2.05) is 43.0 Å². The molecule has 0 aliphatic carbocycles. The molecule has 0 saturated carbocycles. The van der Waals surface area contributed by atoms with E-state index in [0.29, 0.717) is 38.9 Å². The van der Waals surface area contributed by atoms with Crippen LogP contribution in [0.15, 0.2) is 24.3 Å². The summed E-state index contributed by atoms with van der Waals surface area (Å²) in [5.41, 5.74) is 2.52. The topological polar surface area (TPSA) is 89.9 Å². The van der Waals surface area contributed by atoms with Crippen LogP contribution < -0.4 is 5.48 Å². The molecule has 1 aromatic rings. The third-order valence-electron chi connectivity index (χ3n) is 6.57. The van der Waals surface area contributed by atoms with Crippen LogP contribution in [0.1, 0.15) is 50.7 Å². The van der Waals surface area contributed by atoms with Gasteiger partial charge in [-0.1, -0.05) is 29.8 Å². The zero-order chi connectivity index (χ0) is 20.5. The maximum atomic E-state index is 13.6. The number of aryl methyl sites for hydroxylation is 1. The summed E-state index contributed by atoms with van der Waals surface area (Å²) in [7, 11) is 0. The fraction of sp³-hybridized carbons (Fsp3) is 0.571. The fourth-order valence-electron chi connectivity index (χ4n) is 4.60. The monoisotopic (exact) mass is 387 g/mol. The van der Waals surface area contributed by atoms with Gasteiger partial charge in [-0.15, -0.1) is 0 Å². The number of likely N-dealkylation sites (tertiary alicyclic amines) is 2. The summed E-state index contributed by atoms with van der Waals surface area (Å²) in [4.78, 5) is 40.9. The Morgan fingerprint density at radius 2 is 1.71 bits per heavy atom. The molecule has 2 fully saturated rings. The predicted octanol–water partition coefficient (Wildman–Crippen LogP) is 1.76. The number of rotatable bonds is 4. The molecule has 2 saturated heterocycles. The number of carbonyl (C=O) groups excluding carboxylic acids is 3. The Kier molecular flexibility index (Phi) is 5.48. The highest BCUT2D eigenvalue weighted by molar-refractivity contribution is 5.91. The lowest BCUT2D eigenvalue weighted by molar-refractivity contribution is -0.145. The van der Waals surface area contributed by atoms with Crippen molar-refractivity contribution in [3.63, 3.8) is 0 Å². The molecule has 0 aromatic heterocycles. The van der Waals surface area contributed by atoms with Gasteiger partial charge >= 0.3 is 0 Å². The van der Waals surface area contributed by atoms with Gasteiger partial charge in [0.25, 0.3) is 0 Å². The van der Waals surface area contributed by atoms with Crippen LogP contribution in [0.2, 0.25) is 0 Å². The van der Waals surface area contributed by atoms with Crippen molar-refractivity contribution in [2.24, 2.45) is 0 Å². The fourth-order valence-corrected chi connectivity index (χ4v) is 4.60. The largest absolute Gasteiger partial charge is 0.343 e. The first-order valence-corrected chi connectivity index (χ1v) is 9.79. The van der Waals surface area contributed by atoms with Crippen LogP contribution in [-0.2, 0) is 19.8 Å². The lowest BCUT2D eigenvalue weighted by Crippen LogP contribution is -2.59. The summed E-state index contributed by atoms with van der Waals surface area (Å²) in [5, 5.41) is 9.07. The summed E-state index contributed by atoms with van der Waals surface area (Å²) in [6, 6.07) is 8.03. The molecule has 1 unspecified atom stereocenters. The van der Waals surface area contributed by atoms with Crippen LogP contribution in [0.4, 0.5) is 0 Å². The molecule has 3 rings (SSSR count). The van der Waals surface area contributed by atoms with E-state index in [4.69, 9.17) is 5.21 Å². The van der Waals surface area contributed by atoms with Crippen molar-refractivity contribution >= 4 is 17.7 Å². The van der Waals surface area contributed by atoms with Crippen molar-refractivity contribution in [1.29, 1.82) is 0 Å². The second-order valence-corrected chi connectivity index (χ2v) is 8.35. The number of nitrogens with one attached hydrogen (secondary N) is 1. The molecule has 2 N–H and O–H groups in total. The van der Waals surface area contributed by atoms with E-state index in [1.54, 1.807) is 10.4 Å². The molecule has 0 bridgehead atoms. The molecule has 7 nitrogen and oxygen atoms in total. The van der Waals surface area contributed by atoms with Crippen molar-refractivity contribution in [3.8, 4) is 0 Å². The Hall–Kier alpha value is -2.41. The van der Waals surface area contributed by atoms with Crippen molar-refractivity contribution in [3.05, 3.63) is 35.4 Å². The first-order valence-electron chi connectivity index (χ1n) is 9.79. The van der Waals surface area contributed by atoms with Gasteiger partial charge in [0.2, 0.25) is 17.7 Å². The van der Waals surface area contributed by atoms with Crippen LogP contribution in [0.5, 0.6) is 0 Å². The second-order valence-electron chi connectivity index (χ2n) is 8.35. The maximum absolute atomic E-state index is 13.6. The van der Waals surface area contributed by atoms with Crippen LogP contribution in [0.25, 0.3) is 0 Å². The number of piperidine rings is 1. The lowest BCUT2D eigenvalue weighted by Gasteiger charge is -2.47. The number of hydrogen-bond donors (Lipinski definition) is 2. The van der Waals surface area contributed by atoms with Crippen molar-refractivity contribution in [2.75, 3.05) is 19.6 Å². The first kappa shape index (κ1) is 20.3. The van der Waals surface area contributed by atoms with E-state index in [2.05, 4.69) is 0 Å². The minimum atomic E-state index is -0.682. The number of nitrogens with zero attached hydrogens (tertiary/aromatic N) is 2. The van der Waals surface area contributed by atoms with E-state index in [9.17, 15) is 14.4 Å². The van der Waals surface area contributed by atoms with E-state index in [-0.39, 0.29) is 18.2 Å². The quantitative estimate of drug-likeness (QED) is 0.609. The van der Waals surface area contributed by atoms with Gasteiger partial charge in [-0.05, 0) is 38.7 Å². The molecule has 2 heterocycles. The SMILES string of the molecule is CC(=O)N1CCC(CC(=O)NO)(N2CCC(C)(c3ccc(C)cc3)C2=O)CC1. The Morgan fingerprint density at radius 1 is 1.11 bits per heavy atom. The van der Waals surface area contributed by atoms with Gasteiger partial charge in [0.05, 0.1) is 17.4 Å². The summed E-state index contributed by atoms with van der Waals surface area (Å²) >= 11 is 0. The molecule has 2 aliphatic rings. The van der Waals surface area contributed by atoms with Gasteiger partial charge in [0.1, 0.15) is 0 Å². The van der Waals surface area contributed by atoms with Crippen LogP contribution in [0, 0.1) is 6.92 Å². The van der Waals surface area contributed by atoms with Crippen molar-refractivity contribution < 1.29 is 19.6 Å². The Balaban J connectivity index is 1.89. The molecule has 1 aromatic carbocycles. The van der Waals surface area contributed by atoms with Crippen molar-refractivity contribution in [2.45, 2.75) is 57.4 Å². The molecule has 7 heteroatoms. The minimum absolute atomic E-state index is 0.00236. The van der Waals surface area contributed by atoms with E-state index in [1.165, 1.54) is 6.92 Å². The molecule has 152 valence electrons. The van der Waals surface area contributed by atoms with Gasteiger partial charge in [-0.25, -0.2) is 5.48 Å². The Morgan fingerprint density at radius 3 is 2.25 bits per heavy atom. The Labute approximate surface area is 165 Å². The minimum Gasteiger partial charge on any atom is -0.343 e. The summed E-state index contributed by atoms with van der Waals surface area (Å²) < 4.78 is 0. The molecule has 1 atom stereocenters. The number of amides is 3. The van der Waals surface area contributed by atoms with Crippen LogP contribution in [0.3, 0.4) is 0 Å². The van der Waals surface area contributed by atoms with Gasteiger partial charge in [-0.3, -0.25) is 19.6 Å². The van der Waals surface area contributed by atoms with Gasteiger partial charge in [0.15, 0.2) is 0 Å². The lowest BCUT2D eigenvalue weighted by atomic mass is 9.79. The molecular weight excluding hydrogens is 358 g/mol. The smallest absolute Gasteiger partial charge is 0.245 e. The van der Waals surface area contributed by atoms with Gasteiger partial charge < -0.3 is 9.80 Å². The highest BCUT2D eigenvalue weighted by Crippen LogP contribution is 2.43. The third-order valence-corrected chi connectivity index (χ3v) is 6.57. The van der Waals surface area contributed by atoms with E-state index in [0.717, 1.165) is 11.1 Å². The standard InChI is InChI=1S/C21H29N3O4/c1-15-4-6-17(7-5-15)20(3)8-13-24(19(20)27)21(14-18(26)22-28)9-11-23(12-10-21)16(2)25/h4-7,28H,8-14H2,1-3H3,(H,22,26). The average molecular weight is 387 g/mol. The van der Waals surface area contributed by atoms with Crippen molar-refractivity contribution in [1.82, 2.24) is 15.3 Å². The van der Waals surface area contributed by atoms with E-state index < -0.39 is 16.9 Å². The van der Waals surface area contributed by atoms with Gasteiger partial charge in [0, 0.05) is 26.6 Å². The number of hydroxylamine groups is 1. The van der Waals surface area contributed by atoms with E-state index >= 15 is 0 Å². The molecule has 0 spiro atoms. The molecule has 28 heavy (non-hydrogen) atoms. The number of carbonyl (C=O) groups is 3. The number of hydrogen-bond acceptors (Lipinski definition) is 4. The normalized spacial score (nSPS) is 24.4. The average Bonchev–Trinajstić information content (AvgIpc) is 2.99. The number of benzene rings is 1. The highest BCUT2D eigenvalue weighted by atomic mass is 16.5. The van der Waals surface area contributed by atoms with Gasteiger partial charge in [-0.2, -0.15) is 0 Å². The molecule has 3 amide bonds. The van der Waals surface area contributed by atoms with Crippen LogP contribution >= 0.6 is 0 Å². The first-order chi connectivity index (χ1) is 13.2. The summed E-state index contributed by atoms with van der Waals surface area (Å²) in [5.74, 6) is -0.496. The second kappa shape index (κ2) is 7.54. The van der Waals surface area contributed by atoms with Crippen LogP contribution in [-0.4, -0.2) is 57.9 Å². The highest BCUT2D eigenvalue weighted by Gasteiger charge is 2.53.